The molecule has 1 N–H and O–H groups in total. The minimum absolute atomic E-state index is 0.0342. The molecule has 0 aromatic heterocycles. The van der Waals surface area contributed by atoms with Crippen LogP contribution < -0.4 is 5.32 Å². The fourth-order valence-electron chi connectivity index (χ4n) is 3.34. The predicted molar refractivity (Wildman–Crippen MR) is 102 cm³/mol. The van der Waals surface area contributed by atoms with Crippen molar-refractivity contribution in [3.8, 4) is 6.07 Å². The van der Waals surface area contributed by atoms with Crippen LogP contribution in [0.1, 0.15) is 46.5 Å². The number of hydrogen-bond acceptors (Lipinski definition) is 5. The Labute approximate surface area is 157 Å². The Kier molecular flexibility index (Phi) is 4.54. The van der Waals surface area contributed by atoms with Crippen LogP contribution in [-0.2, 0) is 6.42 Å². The maximum atomic E-state index is 12.7. The molecule has 0 unspecified atom stereocenters. The predicted octanol–water partition coefficient (Wildman–Crippen LogP) is 3.92. The number of aryl methyl sites for hydroxylation is 1. The molecule has 1 aliphatic rings. The third kappa shape index (κ3) is 3.72. The van der Waals surface area contributed by atoms with E-state index in [1.54, 1.807) is 31.2 Å². The maximum Gasteiger partial charge on any atom is 0.272 e. The molecule has 136 valence electrons. The number of hydrogen-bond donors (Lipinski definition) is 1. The summed E-state index contributed by atoms with van der Waals surface area (Å²) in [5.74, 6) is -0.228. The fourth-order valence-corrected chi connectivity index (χ4v) is 3.34. The Morgan fingerprint density at radius 2 is 1.96 bits per heavy atom. The van der Waals surface area contributed by atoms with Crippen molar-refractivity contribution in [1.82, 2.24) is 5.32 Å². The standard InChI is InChI=1S/C21H19N3O3/c1-13-8-16-11-21(2,3)23-18(17(16)9-19(13)24(26)27)10-20(25)15-6-4-14(12-22)5-7-15/h4-10,23H,11H2,1-3H3/b18-10-. The summed E-state index contributed by atoms with van der Waals surface area (Å²) in [5, 5.41) is 23.5. The van der Waals surface area contributed by atoms with Crippen molar-refractivity contribution < 1.29 is 9.72 Å². The first-order valence-electron chi connectivity index (χ1n) is 8.53. The number of ketones is 1. The number of nitrogens with one attached hydrogen (secondary N) is 1. The molecule has 1 heterocycles. The molecular formula is C21H19N3O3. The lowest BCUT2D eigenvalue weighted by atomic mass is 9.84. The zero-order valence-electron chi connectivity index (χ0n) is 15.4. The molecule has 2 aromatic rings. The molecule has 0 amide bonds. The van der Waals surface area contributed by atoms with Crippen molar-refractivity contribution in [3.63, 3.8) is 0 Å². The van der Waals surface area contributed by atoms with Gasteiger partial charge in [0, 0.05) is 40.1 Å². The molecule has 1 aliphatic heterocycles. The van der Waals surface area contributed by atoms with Crippen LogP contribution in [0.5, 0.6) is 0 Å². The molecule has 0 bridgehead atoms. The van der Waals surface area contributed by atoms with Crippen LogP contribution >= 0.6 is 0 Å². The monoisotopic (exact) mass is 361 g/mol. The average Bonchev–Trinajstić information content (AvgIpc) is 2.60. The highest BCUT2D eigenvalue weighted by Gasteiger charge is 2.30. The van der Waals surface area contributed by atoms with Gasteiger partial charge in [0.25, 0.3) is 5.69 Å². The number of benzene rings is 2. The first kappa shape index (κ1) is 18.3. The van der Waals surface area contributed by atoms with Gasteiger partial charge in [-0.1, -0.05) is 0 Å². The third-order valence-corrected chi connectivity index (χ3v) is 4.59. The van der Waals surface area contributed by atoms with E-state index >= 15 is 0 Å². The summed E-state index contributed by atoms with van der Waals surface area (Å²) < 4.78 is 0. The smallest absolute Gasteiger partial charge is 0.272 e. The van der Waals surface area contributed by atoms with E-state index in [4.69, 9.17) is 5.26 Å². The van der Waals surface area contributed by atoms with E-state index in [0.717, 1.165) is 5.56 Å². The summed E-state index contributed by atoms with van der Waals surface area (Å²) in [6, 6.07) is 11.8. The summed E-state index contributed by atoms with van der Waals surface area (Å²) in [7, 11) is 0. The maximum absolute atomic E-state index is 12.7. The number of nitro benzene ring substituents is 1. The molecule has 6 nitrogen and oxygen atoms in total. The van der Waals surface area contributed by atoms with Gasteiger partial charge in [-0.15, -0.1) is 0 Å². The molecule has 0 spiro atoms. The van der Waals surface area contributed by atoms with Gasteiger partial charge < -0.3 is 5.32 Å². The lowest BCUT2D eigenvalue weighted by Gasteiger charge is -2.35. The van der Waals surface area contributed by atoms with E-state index in [9.17, 15) is 14.9 Å². The van der Waals surface area contributed by atoms with Crippen molar-refractivity contribution in [1.29, 1.82) is 5.26 Å². The summed E-state index contributed by atoms with van der Waals surface area (Å²) >= 11 is 0. The topological polar surface area (TPSA) is 96.0 Å². The molecule has 0 saturated carbocycles. The van der Waals surface area contributed by atoms with E-state index in [-0.39, 0.29) is 17.0 Å². The Hall–Kier alpha value is -3.46. The van der Waals surface area contributed by atoms with Crippen LogP contribution in [0.3, 0.4) is 0 Å². The summed E-state index contributed by atoms with van der Waals surface area (Å²) in [6.45, 7) is 5.76. The Morgan fingerprint density at radius 3 is 2.56 bits per heavy atom. The van der Waals surface area contributed by atoms with Gasteiger partial charge in [-0.2, -0.15) is 5.26 Å². The summed E-state index contributed by atoms with van der Waals surface area (Å²) in [6.07, 6.45) is 2.17. The summed E-state index contributed by atoms with van der Waals surface area (Å²) in [4.78, 5) is 23.6. The number of nitrogens with zero attached hydrogens (tertiary/aromatic N) is 2. The van der Waals surface area contributed by atoms with Gasteiger partial charge in [-0.05, 0) is 63.1 Å². The number of nitriles is 1. The highest BCUT2D eigenvalue weighted by atomic mass is 16.6. The van der Waals surface area contributed by atoms with Crippen molar-refractivity contribution in [2.24, 2.45) is 0 Å². The number of carbonyl (C=O) groups excluding carboxylic acids is 1. The molecule has 0 aliphatic carbocycles. The largest absolute Gasteiger partial charge is 0.379 e. The zero-order valence-corrected chi connectivity index (χ0v) is 15.4. The fraction of sp³-hybridized carbons (Fsp3) is 0.238. The van der Waals surface area contributed by atoms with E-state index in [1.165, 1.54) is 12.1 Å². The van der Waals surface area contributed by atoms with Crippen molar-refractivity contribution in [2.45, 2.75) is 32.7 Å². The van der Waals surface area contributed by atoms with Crippen molar-refractivity contribution in [3.05, 3.63) is 80.4 Å². The molecule has 27 heavy (non-hydrogen) atoms. The number of allylic oxidation sites excluding steroid dienone is 1. The van der Waals surface area contributed by atoms with E-state index in [2.05, 4.69) is 5.32 Å². The van der Waals surface area contributed by atoms with Gasteiger partial charge in [-0.25, -0.2) is 0 Å². The van der Waals surface area contributed by atoms with Gasteiger partial charge in [0.15, 0.2) is 5.78 Å². The minimum atomic E-state index is -0.407. The van der Waals surface area contributed by atoms with Crippen LogP contribution in [0.15, 0.2) is 42.5 Å². The Bertz CT molecular complexity index is 1010. The third-order valence-electron chi connectivity index (χ3n) is 4.59. The molecule has 0 atom stereocenters. The molecule has 0 saturated heterocycles. The molecule has 2 aromatic carbocycles. The number of nitro groups is 1. The number of fused-ring (bicyclic) bond motifs is 1. The first-order chi connectivity index (χ1) is 12.7. The molecular weight excluding hydrogens is 342 g/mol. The van der Waals surface area contributed by atoms with Gasteiger partial charge in [0.1, 0.15) is 0 Å². The van der Waals surface area contributed by atoms with Crippen LogP contribution in [0.4, 0.5) is 5.69 Å². The number of carbonyl (C=O) groups is 1. The van der Waals surface area contributed by atoms with Crippen LogP contribution in [0, 0.1) is 28.4 Å². The van der Waals surface area contributed by atoms with Crippen molar-refractivity contribution >= 4 is 17.2 Å². The van der Waals surface area contributed by atoms with Crippen LogP contribution in [0.25, 0.3) is 5.70 Å². The molecule has 0 fully saturated rings. The Balaban J connectivity index is 2.08. The van der Waals surface area contributed by atoms with Gasteiger partial charge in [0.05, 0.1) is 16.6 Å². The second-order valence-electron chi connectivity index (χ2n) is 7.35. The molecule has 3 rings (SSSR count). The highest BCUT2D eigenvalue weighted by molar-refractivity contribution is 6.08. The van der Waals surface area contributed by atoms with E-state index in [0.29, 0.717) is 34.4 Å². The normalized spacial score (nSPS) is 16.1. The Morgan fingerprint density at radius 1 is 1.30 bits per heavy atom. The molecule has 0 radical (unpaired) electrons. The van der Waals surface area contributed by atoms with Crippen molar-refractivity contribution in [2.75, 3.05) is 0 Å². The van der Waals surface area contributed by atoms with Gasteiger partial charge in [-0.3, -0.25) is 14.9 Å². The van der Waals surface area contributed by atoms with Gasteiger partial charge >= 0.3 is 0 Å². The van der Waals surface area contributed by atoms with Crippen LogP contribution in [0.2, 0.25) is 0 Å². The first-order valence-corrected chi connectivity index (χ1v) is 8.53. The highest BCUT2D eigenvalue weighted by Crippen LogP contribution is 2.34. The zero-order chi connectivity index (χ0) is 19.8. The lowest BCUT2D eigenvalue weighted by molar-refractivity contribution is -0.385. The quantitative estimate of drug-likeness (QED) is 0.387. The van der Waals surface area contributed by atoms with E-state index < -0.39 is 4.92 Å². The average molecular weight is 361 g/mol. The molecule has 6 heteroatoms. The second kappa shape index (κ2) is 6.69. The second-order valence-corrected chi connectivity index (χ2v) is 7.35. The lowest BCUT2D eigenvalue weighted by Crippen LogP contribution is -2.44. The van der Waals surface area contributed by atoms with Crippen LogP contribution in [-0.4, -0.2) is 16.2 Å². The van der Waals surface area contributed by atoms with Gasteiger partial charge in [0.2, 0.25) is 0 Å². The van der Waals surface area contributed by atoms with E-state index in [1.807, 2.05) is 26.0 Å². The SMILES string of the molecule is Cc1cc2c(cc1[N+](=O)[O-])/C(=C/C(=O)c1ccc(C#N)cc1)NC(C)(C)C2. The minimum Gasteiger partial charge on any atom is -0.379 e. The summed E-state index contributed by atoms with van der Waals surface area (Å²) in [5.41, 5.74) is 3.50. The number of rotatable bonds is 3.